The maximum Gasteiger partial charge on any atom is 0.305 e. The Morgan fingerprint density at radius 3 is 1.70 bits per heavy atom. The van der Waals surface area contributed by atoms with Crippen molar-refractivity contribution in [3.8, 4) is 0 Å². The van der Waals surface area contributed by atoms with E-state index in [1.54, 1.807) is 7.11 Å². The normalized spacial score (nSPS) is 12.0. The van der Waals surface area contributed by atoms with Crippen molar-refractivity contribution in [1.29, 1.82) is 0 Å². The summed E-state index contributed by atoms with van der Waals surface area (Å²) >= 11 is 0. The number of ether oxygens (including phenoxy) is 3. The van der Waals surface area contributed by atoms with Crippen molar-refractivity contribution in [2.75, 3.05) is 26.9 Å². The SMILES string of the molecule is CCCCCCCCOC(=O)CCCCCCCCC(=O)OCC(CCCCC)CCOC. The molecule has 0 aliphatic rings. The standard InChI is InChI=1S/C28H54O5/c1-4-6-8-9-14-18-23-32-27(29)20-16-12-10-11-13-17-21-28(30)33-25-26(22-24-31-3)19-15-7-5-2/h26H,4-25H2,1-3H3. The number of hydrogen-bond donors (Lipinski definition) is 0. The van der Waals surface area contributed by atoms with E-state index in [2.05, 4.69) is 13.8 Å². The van der Waals surface area contributed by atoms with E-state index < -0.39 is 0 Å². The lowest BCUT2D eigenvalue weighted by atomic mass is 9.99. The fourth-order valence-electron chi connectivity index (χ4n) is 3.95. The summed E-state index contributed by atoms with van der Waals surface area (Å²) in [4.78, 5) is 23.8. The number of carbonyl (C=O) groups is 2. The molecule has 0 aliphatic carbocycles. The quantitative estimate of drug-likeness (QED) is 0.101. The summed E-state index contributed by atoms with van der Waals surface area (Å²) in [5, 5.41) is 0. The Morgan fingerprint density at radius 2 is 1.09 bits per heavy atom. The van der Waals surface area contributed by atoms with Crippen LogP contribution in [0.25, 0.3) is 0 Å². The number of hydrogen-bond acceptors (Lipinski definition) is 5. The minimum Gasteiger partial charge on any atom is -0.466 e. The highest BCUT2D eigenvalue weighted by Crippen LogP contribution is 2.16. The maximum atomic E-state index is 12.0. The van der Waals surface area contributed by atoms with Crippen LogP contribution in [-0.4, -0.2) is 38.9 Å². The molecule has 0 N–H and O–H groups in total. The van der Waals surface area contributed by atoms with Crippen molar-refractivity contribution in [3.63, 3.8) is 0 Å². The van der Waals surface area contributed by atoms with Gasteiger partial charge < -0.3 is 14.2 Å². The van der Waals surface area contributed by atoms with E-state index in [0.717, 1.165) is 70.8 Å². The summed E-state index contributed by atoms with van der Waals surface area (Å²) in [5.74, 6) is 0.295. The summed E-state index contributed by atoms with van der Waals surface area (Å²) in [5.41, 5.74) is 0. The molecule has 196 valence electrons. The average Bonchev–Trinajstić information content (AvgIpc) is 2.81. The summed E-state index contributed by atoms with van der Waals surface area (Å²) in [6.45, 7) is 6.25. The highest BCUT2D eigenvalue weighted by molar-refractivity contribution is 5.69. The van der Waals surface area contributed by atoms with Gasteiger partial charge in [-0.2, -0.15) is 0 Å². The van der Waals surface area contributed by atoms with Crippen LogP contribution < -0.4 is 0 Å². The number of methoxy groups -OCH3 is 1. The monoisotopic (exact) mass is 470 g/mol. The van der Waals surface area contributed by atoms with Gasteiger partial charge in [0, 0.05) is 26.6 Å². The van der Waals surface area contributed by atoms with Crippen LogP contribution >= 0.6 is 0 Å². The summed E-state index contributed by atoms with van der Waals surface area (Å²) in [7, 11) is 1.72. The first-order chi connectivity index (χ1) is 16.1. The first-order valence-electron chi connectivity index (χ1n) is 13.9. The molecule has 0 radical (unpaired) electrons. The molecule has 0 aromatic heterocycles. The average molecular weight is 471 g/mol. The van der Waals surface area contributed by atoms with Gasteiger partial charge in [0.1, 0.15) is 0 Å². The smallest absolute Gasteiger partial charge is 0.305 e. The third-order valence-corrected chi connectivity index (χ3v) is 6.20. The zero-order valence-electron chi connectivity index (χ0n) is 22.2. The Labute approximate surface area is 204 Å². The van der Waals surface area contributed by atoms with Crippen molar-refractivity contribution < 1.29 is 23.8 Å². The van der Waals surface area contributed by atoms with Gasteiger partial charge in [-0.05, 0) is 38.0 Å². The lowest BCUT2D eigenvalue weighted by molar-refractivity contribution is -0.145. The molecule has 5 nitrogen and oxygen atoms in total. The molecular weight excluding hydrogens is 416 g/mol. The molecule has 0 bridgehead atoms. The van der Waals surface area contributed by atoms with Gasteiger partial charge in [0.15, 0.2) is 0 Å². The van der Waals surface area contributed by atoms with Crippen molar-refractivity contribution in [1.82, 2.24) is 0 Å². The minimum atomic E-state index is -0.0685. The van der Waals surface area contributed by atoms with Crippen LogP contribution in [-0.2, 0) is 23.8 Å². The van der Waals surface area contributed by atoms with Crippen LogP contribution in [0.2, 0.25) is 0 Å². The summed E-state index contributed by atoms with van der Waals surface area (Å²) in [6.07, 6.45) is 20.1. The maximum absolute atomic E-state index is 12.0. The highest BCUT2D eigenvalue weighted by Gasteiger charge is 2.12. The first kappa shape index (κ1) is 31.9. The molecule has 0 amide bonds. The predicted molar refractivity (Wildman–Crippen MR) is 136 cm³/mol. The van der Waals surface area contributed by atoms with E-state index >= 15 is 0 Å². The second-order valence-corrected chi connectivity index (χ2v) is 9.44. The lowest BCUT2D eigenvalue weighted by Crippen LogP contribution is -2.16. The van der Waals surface area contributed by atoms with Gasteiger partial charge in [-0.15, -0.1) is 0 Å². The predicted octanol–water partition coefficient (Wildman–Crippen LogP) is 7.79. The molecule has 0 aromatic carbocycles. The van der Waals surface area contributed by atoms with Crippen molar-refractivity contribution in [2.24, 2.45) is 5.92 Å². The molecular formula is C28H54O5. The van der Waals surface area contributed by atoms with Crippen LogP contribution in [0.15, 0.2) is 0 Å². The molecule has 0 fully saturated rings. The molecule has 0 heterocycles. The van der Waals surface area contributed by atoms with E-state index in [1.165, 1.54) is 44.9 Å². The van der Waals surface area contributed by atoms with Crippen LogP contribution in [0.5, 0.6) is 0 Å². The molecule has 0 aromatic rings. The van der Waals surface area contributed by atoms with Crippen LogP contribution in [0.1, 0.15) is 136 Å². The molecule has 33 heavy (non-hydrogen) atoms. The van der Waals surface area contributed by atoms with Crippen LogP contribution in [0, 0.1) is 5.92 Å². The summed E-state index contributed by atoms with van der Waals surface area (Å²) < 4.78 is 16.0. The molecule has 0 rings (SSSR count). The molecule has 1 atom stereocenters. The molecule has 1 unspecified atom stereocenters. The Morgan fingerprint density at radius 1 is 0.576 bits per heavy atom. The fourth-order valence-corrected chi connectivity index (χ4v) is 3.95. The topological polar surface area (TPSA) is 61.8 Å². The van der Waals surface area contributed by atoms with Gasteiger partial charge in [0.2, 0.25) is 0 Å². The van der Waals surface area contributed by atoms with E-state index in [0.29, 0.717) is 32.0 Å². The van der Waals surface area contributed by atoms with E-state index in [-0.39, 0.29) is 11.9 Å². The zero-order valence-corrected chi connectivity index (χ0v) is 22.2. The summed E-state index contributed by atoms with van der Waals surface area (Å²) in [6, 6.07) is 0. The molecule has 0 saturated heterocycles. The van der Waals surface area contributed by atoms with Gasteiger partial charge in [-0.25, -0.2) is 0 Å². The van der Waals surface area contributed by atoms with Gasteiger partial charge in [-0.3, -0.25) is 9.59 Å². The Bertz CT molecular complexity index is 438. The zero-order chi connectivity index (χ0) is 24.4. The van der Waals surface area contributed by atoms with Crippen molar-refractivity contribution >= 4 is 11.9 Å². The fraction of sp³-hybridized carbons (Fsp3) is 0.929. The Hall–Kier alpha value is -1.10. The second-order valence-electron chi connectivity index (χ2n) is 9.44. The largest absolute Gasteiger partial charge is 0.466 e. The van der Waals surface area contributed by atoms with Gasteiger partial charge in [0.05, 0.1) is 13.2 Å². The van der Waals surface area contributed by atoms with Crippen molar-refractivity contribution in [2.45, 2.75) is 136 Å². The van der Waals surface area contributed by atoms with Crippen LogP contribution in [0.3, 0.4) is 0 Å². The number of esters is 2. The van der Waals surface area contributed by atoms with E-state index in [4.69, 9.17) is 14.2 Å². The molecule has 0 saturated carbocycles. The van der Waals surface area contributed by atoms with Crippen LogP contribution in [0.4, 0.5) is 0 Å². The van der Waals surface area contributed by atoms with Gasteiger partial charge in [0.25, 0.3) is 0 Å². The van der Waals surface area contributed by atoms with E-state index in [1.807, 2.05) is 0 Å². The lowest BCUT2D eigenvalue weighted by Gasteiger charge is -2.16. The molecule has 0 spiro atoms. The minimum absolute atomic E-state index is 0.0511. The second kappa shape index (κ2) is 25.5. The third kappa shape index (κ3) is 23.8. The Kier molecular flexibility index (Phi) is 24.7. The molecule has 0 aliphatic heterocycles. The number of rotatable bonds is 25. The molecule has 5 heteroatoms. The highest BCUT2D eigenvalue weighted by atomic mass is 16.5. The number of carbonyl (C=O) groups excluding carboxylic acids is 2. The number of unbranched alkanes of at least 4 members (excludes halogenated alkanes) is 12. The van der Waals surface area contributed by atoms with Gasteiger partial charge in [-0.1, -0.05) is 90.9 Å². The van der Waals surface area contributed by atoms with E-state index in [9.17, 15) is 9.59 Å². The Balaban J connectivity index is 3.54. The third-order valence-electron chi connectivity index (χ3n) is 6.20. The van der Waals surface area contributed by atoms with Gasteiger partial charge >= 0.3 is 11.9 Å². The first-order valence-corrected chi connectivity index (χ1v) is 13.9. The van der Waals surface area contributed by atoms with Crippen molar-refractivity contribution in [3.05, 3.63) is 0 Å².